The van der Waals surface area contributed by atoms with E-state index >= 15 is 0 Å². The van der Waals surface area contributed by atoms with Crippen LogP contribution in [0.15, 0.2) is 30.6 Å². The zero-order chi connectivity index (χ0) is 22.5. The second kappa shape index (κ2) is 9.16. The first kappa shape index (κ1) is 22.5. The van der Waals surface area contributed by atoms with Crippen molar-refractivity contribution in [1.82, 2.24) is 9.97 Å². The summed E-state index contributed by atoms with van der Waals surface area (Å²) in [6.07, 6.45) is 1.08. The minimum absolute atomic E-state index is 0.125. The van der Waals surface area contributed by atoms with Gasteiger partial charge in [-0.05, 0) is 39.0 Å². The number of esters is 2. The zero-order valence-corrected chi connectivity index (χ0v) is 17.2. The van der Waals surface area contributed by atoms with Gasteiger partial charge >= 0.3 is 23.5 Å². The van der Waals surface area contributed by atoms with Crippen LogP contribution in [-0.4, -0.2) is 53.1 Å². The number of nitrogens with zero attached hydrogens (tertiary/aromatic N) is 4. The Morgan fingerprint density at radius 1 is 1.23 bits per heavy atom. The lowest BCUT2D eigenvalue weighted by molar-refractivity contribution is -0.385. The summed E-state index contributed by atoms with van der Waals surface area (Å²) in [4.78, 5) is 43.8. The summed E-state index contributed by atoms with van der Waals surface area (Å²) < 4.78 is 15.4. The molecule has 160 valence electrons. The van der Waals surface area contributed by atoms with Gasteiger partial charge in [0.25, 0.3) is 0 Å². The van der Waals surface area contributed by atoms with Crippen LogP contribution in [0.4, 0.5) is 11.5 Å². The summed E-state index contributed by atoms with van der Waals surface area (Å²) in [5.74, 6) is -1.50. The van der Waals surface area contributed by atoms with Gasteiger partial charge in [-0.3, -0.25) is 14.9 Å². The van der Waals surface area contributed by atoms with Gasteiger partial charge in [0.05, 0.1) is 17.6 Å². The lowest BCUT2D eigenvalue weighted by atomic mass is 10.2. The third kappa shape index (κ3) is 5.87. The number of likely N-dealkylation sites (N-methyl/N-ethyl adjacent to an activating group) is 1. The van der Waals surface area contributed by atoms with Crippen LogP contribution in [0.3, 0.4) is 0 Å². The number of aromatic nitrogens is 2. The average molecular weight is 418 g/mol. The van der Waals surface area contributed by atoms with Crippen LogP contribution >= 0.6 is 0 Å². The number of hydrogen-bond acceptors (Lipinski definition) is 10. The molecule has 0 amide bonds. The molecule has 0 radical (unpaired) electrons. The Bertz CT molecular complexity index is 956. The summed E-state index contributed by atoms with van der Waals surface area (Å²) in [7, 11) is 2.69. The van der Waals surface area contributed by atoms with Gasteiger partial charge in [-0.25, -0.2) is 9.78 Å². The molecular formula is C19H22N4O7. The Balaban J connectivity index is 2.34. The van der Waals surface area contributed by atoms with E-state index in [2.05, 4.69) is 14.7 Å². The Kier molecular flexibility index (Phi) is 6.88. The molecule has 1 aromatic heterocycles. The summed E-state index contributed by atoms with van der Waals surface area (Å²) in [5.41, 5.74) is -1.03. The van der Waals surface area contributed by atoms with E-state index in [4.69, 9.17) is 9.47 Å². The second-order valence-electron chi connectivity index (χ2n) is 7.17. The van der Waals surface area contributed by atoms with Crippen LogP contribution in [0.5, 0.6) is 11.6 Å². The average Bonchev–Trinajstić information content (AvgIpc) is 2.65. The first-order valence-corrected chi connectivity index (χ1v) is 8.80. The Hall–Kier alpha value is -3.76. The standard InChI is InChI=1S/C19H22N4O7/c1-19(2,3)30-14(24)10-22(4)16-15(23(26)27)17(21-11-20-16)29-13-8-6-7-12(9-13)18(25)28-5/h6-9,11H,10H2,1-5H3. The number of carbonyl (C=O) groups excluding carboxylic acids is 2. The van der Waals surface area contributed by atoms with Gasteiger partial charge in [0, 0.05) is 7.05 Å². The zero-order valence-electron chi connectivity index (χ0n) is 17.2. The number of nitro groups is 1. The first-order valence-electron chi connectivity index (χ1n) is 8.80. The minimum Gasteiger partial charge on any atom is -0.465 e. The van der Waals surface area contributed by atoms with Crippen LogP contribution < -0.4 is 9.64 Å². The van der Waals surface area contributed by atoms with Crippen molar-refractivity contribution < 1.29 is 28.7 Å². The molecule has 0 aliphatic carbocycles. The number of rotatable bonds is 7. The summed E-state index contributed by atoms with van der Waals surface area (Å²) >= 11 is 0. The van der Waals surface area contributed by atoms with Gasteiger partial charge in [0.2, 0.25) is 5.82 Å². The van der Waals surface area contributed by atoms with E-state index in [1.165, 1.54) is 43.3 Å². The molecule has 0 aliphatic heterocycles. The Morgan fingerprint density at radius 2 is 1.93 bits per heavy atom. The highest BCUT2D eigenvalue weighted by Gasteiger charge is 2.29. The van der Waals surface area contributed by atoms with Crippen molar-refractivity contribution in [3.63, 3.8) is 0 Å². The molecule has 0 unspecified atom stereocenters. The van der Waals surface area contributed by atoms with E-state index in [1.807, 2.05) is 0 Å². The first-order chi connectivity index (χ1) is 14.0. The topological polar surface area (TPSA) is 134 Å². The van der Waals surface area contributed by atoms with Crippen molar-refractivity contribution in [3.05, 3.63) is 46.3 Å². The van der Waals surface area contributed by atoms with Crippen LogP contribution in [0.2, 0.25) is 0 Å². The summed E-state index contributed by atoms with van der Waals surface area (Å²) in [6.45, 7) is 4.87. The number of benzene rings is 1. The smallest absolute Gasteiger partial charge is 0.373 e. The molecule has 0 fully saturated rings. The number of carbonyl (C=O) groups is 2. The molecule has 0 aliphatic rings. The molecule has 11 nitrogen and oxygen atoms in total. The minimum atomic E-state index is -0.708. The van der Waals surface area contributed by atoms with Crippen molar-refractivity contribution in [3.8, 4) is 11.6 Å². The van der Waals surface area contributed by atoms with Crippen molar-refractivity contribution >= 4 is 23.4 Å². The molecule has 2 aromatic rings. The molecule has 0 saturated carbocycles. The van der Waals surface area contributed by atoms with E-state index < -0.39 is 28.2 Å². The predicted octanol–water partition coefficient (Wildman–Crippen LogP) is 2.74. The molecule has 0 atom stereocenters. The Morgan fingerprint density at radius 3 is 2.53 bits per heavy atom. The van der Waals surface area contributed by atoms with Crippen LogP contribution in [0.1, 0.15) is 31.1 Å². The highest BCUT2D eigenvalue weighted by atomic mass is 16.6. The maximum Gasteiger partial charge on any atom is 0.373 e. The molecular weight excluding hydrogens is 396 g/mol. The molecule has 0 saturated heterocycles. The van der Waals surface area contributed by atoms with Crippen LogP contribution in [0, 0.1) is 10.1 Å². The van der Waals surface area contributed by atoms with E-state index in [0.717, 1.165) is 6.33 Å². The number of anilines is 1. The lowest BCUT2D eigenvalue weighted by Gasteiger charge is -2.23. The molecule has 2 rings (SSSR count). The Labute approximate surface area is 172 Å². The third-order valence-corrected chi connectivity index (χ3v) is 3.57. The van der Waals surface area contributed by atoms with Gasteiger partial charge in [-0.1, -0.05) is 6.07 Å². The molecule has 11 heteroatoms. The van der Waals surface area contributed by atoms with Crippen molar-refractivity contribution in [2.45, 2.75) is 26.4 Å². The van der Waals surface area contributed by atoms with E-state index in [-0.39, 0.29) is 29.6 Å². The van der Waals surface area contributed by atoms with Crippen molar-refractivity contribution in [1.29, 1.82) is 0 Å². The lowest BCUT2D eigenvalue weighted by Crippen LogP contribution is -2.33. The van der Waals surface area contributed by atoms with Gasteiger partial charge in [-0.15, -0.1) is 0 Å². The van der Waals surface area contributed by atoms with Gasteiger partial charge < -0.3 is 19.1 Å². The molecule has 1 aromatic carbocycles. The second-order valence-corrected chi connectivity index (χ2v) is 7.17. The fraction of sp³-hybridized carbons (Fsp3) is 0.368. The summed E-state index contributed by atoms with van der Waals surface area (Å²) in [6, 6.07) is 5.90. The highest BCUT2D eigenvalue weighted by Crippen LogP contribution is 2.35. The molecule has 0 bridgehead atoms. The maximum absolute atomic E-state index is 12.1. The normalized spacial score (nSPS) is 10.8. The SMILES string of the molecule is COC(=O)c1cccc(Oc2ncnc(N(C)CC(=O)OC(C)(C)C)c2[N+](=O)[O-])c1. The van der Waals surface area contributed by atoms with Gasteiger partial charge in [0.15, 0.2) is 0 Å². The molecule has 0 spiro atoms. The van der Waals surface area contributed by atoms with E-state index in [9.17, 15) is 19.7 Å². The molecule has 30 heavy (non-hydrogen) atoms. The maximum atomic E-state index is 12.1. The fourth-order valence-electron chi connectivity index (χ4n) is 2.43. The predicted molar refractivity (Wildman–Crippen MR) is 106 cm³/mol. The van der Waals surface area contributed by atoms with Crippen LogP contribution in [0.25, 0.3) is 0 Å². The third-order valence-electron chi connectivity index (χ3n) is 3.57. The number of ether oxygens (including phenoxy) is 3. The largest absolute Gasteiger partial charge is 0.465 e. The van der Waals surface area contributed by atoms with E-state index in [0.29, 0.717) is 0 Å². The van der Waals surface area contributed by atoms with Gasteiger partial charge in [0.1, 0.15) is 24.2 Å². The van der Waals surface area contributed by atoms with E-state index in [1.54, 1.807) is 20.8 Å². The van der Waals surface area contributed by atoms with Crippen molar-refractivity contribution in [2.75, 3.05) is 25.6 Å². The monoisotopic (exact) mass is 418 g/mol. The van der Waals surface area contributed by atoms with Crippen LogP contribution in [-0.2, 0) is 14.3 Å². The number of methoxy groups -OCH3 is 1. The highest BCUT2D eigenvalue weighted by molar-refractivity contribution is 5.89. The molecule has 1 heterocycles. The fourth-order valence-corrected chi connectivity index (χ4v) is 2.43. The quantitative estimate of drug-likeness (QED) is 0.375. The van der Waals surface area contributed by atoms with Gasteiger partial charge in [-0.2, -0.15) is 4.98 Å². The molecule has 0 N–H and O–H groups in total. The van der Waals surface area contributed by atoms with Crippen molar-refractivity contribution in [2.24, 2.45) is 0 Å². The number of hydrogen-bond donors (Lipinski definition) is 0. The summed E-state index contributed by atoms with van der Waals surface area (Å²) in [5, 5.41) is 11.7.